The van der Waals surface area contributed by atoms with Gasteiger partial charge in [0.1, 0.15) is 5.75 Å². The van der Waals surface area contributed by atoms with E-state index in [9.17, 15) is 9.90 Å². The van der Waals surface area contributed by atoms with Crippen LogP contribution in [0.2, 0.25) is 0 Å². The third-order valence-corrected chi connectivity index (χ3v) is 8.09. The molecular weight excluding hydrogens is 496 g/mol. The predicted octanol–water partition coefficient (Wildman–Crippen LogP) is 7.80. The maximum absolute atomic E-state index is 12.1. The van der Waals surface area contributed by atoms with Crippen molar-refractivity contribution < 1.29 is 9.90 Å². The minimum Gasteiger partial charge on any atom is -0.508 e. The van der Waals surface area contributed by atoms with Crippen LogP contribution in [0.4, 0.5) is 0 Å². The summed E-state index contributed by atoms with van der Waals surface area (Å²) in [6.45, 7) is 12.9. The molecule has 4 rings (SSSR count). The summed E-state index contributed by atoms with van der Waals surface area (Å²) in [7, 11) is 1.62. The fourth-order valence-corrected chi connectivity index (χ4v) is 4.99. The van der Waals surface area contributed by atoms with E-state index in [4.69, 9.17) is 10.8 Å². The average molecular weight is 547 g/mol. The number of nitrogens with zero attached hydrogens (tertiary/aromatic N) is 1. The topological polar surface area (TPSA) is 100 Å². The highest BCUT2D eigenvalue weighted by atomic mass is 16.3. The lowest BCUT2D eigenvalue weighted by atomic mass is 9.71. The van der Waals surface area contributed by atoms with Crippen LogP contribution in [-0.2, 0) is 6.42 Å². The van der Waals surface area contributed by atoms with E-state index in [1.54, 1.807) is 7.05 Å². The van der Waals surface area contributed by atoms with E-state index in [0.29, 0.717) is 18.4 Å². The number of hydrogen-bond acceptors (Lipinski definition) is 5. The van der Waals surface area contributed by atoms with Crippen molar-refractivity contribution >= 4 is 18.5 Å². The van der Waals surface area contributed by atoms with Gasteiger partial charge in [-0.3, -0.25) is 15.6 Å². The summed E-state index contributed by atoms with van der Waals surface area (Å²) in [6.07, 6.45) is 11.9. The molecule has 40 heavy (non-hydrogen) atoms. The van der Waals surface area contributed by atoms with Crippen molar-refractivity contribution in [1.29, 1.82) is 10.8 Å². The van der Waals surface area contributed by atoms with E-state index in [1.807, 2.05) is 26.0 Å². The molecule has 4 N–H and O–H groups in total. The molecule has 218 valence electrons. The first-order valence-corrected chi connectivity index (χ1v) is 14.7. The Bertz CT molecular complexity index is 1110. The molecule has 0 saturated heterocycles. The van der Waals surface area contributed by atoms with Gasteiger partial charge in [0.05, 0.1) is 12.7 Å². The lowest BCUT2D eigenvalue weighted by Gasteiger charge is -2.33. The van der Waals surface area contributed by atoms with Gasteiger partial charge in [-0.15, -0.1) is 6.58 Å². The molecule has 0 spiro atoms. The maximum atomic E-state index is 12.1. The van der Waals surface area contributed by atoms with Gasteiger partial charge in [-0.1, -0.05) is 56.2 Å². The maximum Gasteiger partial charge on any atom is 0.163 e. The largest absolute Gasteiger partial charge is 0.508 e. The summed E-state index contributed by atoms with van der Waals surface area (Å²) in [4.78, 5) is 13.4. The van der Waals surface area contributed by atoms with Crippen LogP contribution in [0.1, 0.15) is 104 Å². The zero-order chi connectivity index (χ0) is 29.7. The molecule has 2 saturated carbocycles. The van der Waals surface area contributed by atoms with Crippen molar-refractivity contribution in [3.8, 4) is 5.75 Å². The summed E-state index contributed by atoms with van der Waals surface area (Å²) in [5.41, 5.74) is 5.35. The normalized spacial score (nSPS) is 18.3. The quantitative estimate of drug-likeness (QED) is 0.0999. The molecule has 2 aromatic carbocycles. The highest BCUT2D eigenvalue weighted by molar-refractivity contribution is 5.98. The molecule has 2 fully saturated rings. The molecule has 1 unspecified atom stereocenters. The zero-order valence-electron chi connectivity index (χ0n) is 25.2. The Morgan fingerprint density at radius 1 is 1.18 bits per heavy atom. The molecule has 0 bridgehead atoms. The zero-order valence-corrected chi connectivity index (χ0v) is 25.2. The minimum atomic E-state index is 0.107. The summed E-state index contributed by atoms with van der Waals surface area (Å²) in [5, 5.41) is 26.7. The van der Waals surface area contributed by atoms with E-state index in [1.165, 1.54) is 48.1 Å². The Balaban J connectivity index is 0.000000249. The minimum absolute atomic E-state index is 0.107. The summed E-state index contributed by atoms with van der Waals surface area (Å²) in [6, 6.07) is 12.8. The van der Waals surface area contributed by atoms with Crippen molar-refractivity contribution in [2.75, 3.05) is 13.6 Å². The Labute approximate surface area is 241 Å². The molecule has 1 atom stereocenters. The third kappa shape index (κ3) is 9.74. The molecule has 0 radical (unpaired) electrons. The van der Waals surface area contributed by atoms with Crippen LogP contribution in [0, 0.1) is 29.6 Å². The van der Waals surface area contributed by atoms with Crippen molar-refractivity contribution in [3.63, 3.8) is 0 Å². The number of nitrogens with one attached hydrogen (secondary N) is 3. The van der Waals surface area contributed by atoms with E-state index >= 15 is 0 Å². The third-order valence-electron chi connectivity index (χ3n) is 8.09. The molecule has 0 aliphatic heterocycles. The Hall–Kier alpha value is -3.25. The van der Waals surface area contributed by atoms with Crippen LogP contribution in [0.3, 0.4) is 0 Å². The van der Waals surface area contributed by atoms with E-state index < -0.39 is 0 Å². The van der Waals surface area contributed by atoms with Gasteiger partial charge in [-0.25, -0.2) is 0 Å². The monoisotopic (exact) mass is 546 g/mol. The van der Waals surface area contributed by atoms with Crippen LogP contribution in [0.5, 0.6) is 5.75 Å². The average Bonchev–Trinajstić information content (AvgIpc) is 2.91. The number of carbonyl (C=O) groups excluding carboxylic acids is 1. The fourth-order valence-electron chi connectivity index (χ4n) is 4.99. The number of phenolic OH excluding ortho intramolecular Hbond substituents is 1. The van der Waals surface area contributed by atoms with Crippen molar-refractivity contribution in [2.24, 2.45) is 11.8 Å². The van der Waals surface area contributed by atoms with E-state index in [-0.39, 0.29) is 17.6 Å². The Kier molecular flexibility index (Phi) is 13.8. The number of rotatable bonds is 11. The summed E-state index contributed by atoms with van der Waals surface area (Å²) < 4.78 is 0. The number of aromatic hydroxyl groups is 1. The van der Waals surface area contributed by atoms with Crippen LogP contribution in [0.15, 0.2) is 49.1 Å². The molecule has 6 nitrogen and oxygen atoms in total. The standard InChI is InChI=1S/C18H27NO2.C13H16.C3H7N3/c1-4-15-16(17(20)5-2)9-14(10-18(15)21)12(3)19-11-13-7-6-8-13;1-3-11-8-13(9-11)12-6-4-5-10(2)7-12;1-6(2-4)3-5/h9-10,12-13,19,21H,4-8,11H2,1-3H3;3-7,11,13H,1,8-9H2,2H3;2-5H,1H3. The number of aryl methyl sites for hydroxylation is 1. The van der Waals surface area contributed by atoms with Crippen LogP contribution in [0.25, 0.3) is 0 Å². The Morgan fingerprint density at radius 3 is 2.33 bits per heavy atom. The first-order valence-electron chi connectivity index (χ1n) is 14.7. The van der Waals surface area contributed by atoms with Crippen LogP contribution >= 0.6 is 0 Å². The molecule has 2 aliphatic carbocycles. The molecule has 6 heteroatoms. The highest BCUT2D eigenvalue weighted by Gasteiger charge is 2.27. The summed E-state index contributed by atoms with van der Waals surface area (Å²) in [5.74, 6) is 2.72. The second-order valence-electron chi connectivity index (χ2n) is 11.1. The van der Waals surface area contributed by atoms with Gasteiger partial charge in [0.2, 0.25) is 0 Å². The van der Waals surface area contributed by atoms with E-state index in [0.717, 1.165) is 48.1 Å². The number of allylic oxidation sites excluding steroid dienone is 1. The molecule has 2 aromatic rings. The lowest BCUT2D eigenvalue weighted by molar-refractivity contribution is 0.0986. The number of carbonyl (C=O) groups is 1. The second-order valence-corrected chi connectivity index (χ2v) is 11.1. The highest BCUT2D eigenvalue weighted by Crippen LogP contribution is 2.42. The predicted molar refractivity (Wildman–Crippen MR) is 168 cm³/mol. The molecular formula is C34H50N4O2. The number of hydrogen-bond donors (Lipinski definition) is 4. The van der Waals surface area contributed by atoms with Gasteiger partial charge in [0.15, 0.2) is 5.78 Å². The Morgan fingerprint density at radius 2 is 1.85 bits per heavy atom. The van der Waals surface area contributed by atoms with Gasteiger partial charge < -0.3 is 15.3 Å². The molecule has 0 amide bonds. The second kappa shape index (κ2) is 16.8. The van der Waals surface area contributed by atoms with Crippen LogP contribution in [-0.4, -0.2) is 42.1 Å². The van der Waals surface area contributed by atoms with Gasteiger partial charge in [-0.05, 0) is 93.5 Å². The number of phenols is 1. The number of Topliss-reactive ketones (excluding diaryl/α,β-unsaturated/α-hetero) is 1. The lowest BCUT2D eigenvalue weighted by Crippen LogP contribution is -2.29. The van der Waals surface area contributed by atoms with Gasteiger partial charge in [0.25, 0.3) is 0 Å². The van der Waals surface area contributed by atoms with Gasteiger partial charge >= 0.3 is 0 Å². The fraction of sp³-hybridized carbons (Fsp3) is 0.500. The van der Waals surface area contributed by atoms with Crippen molar-refractivity contribution in [1.82, 2.24) is 10.2 Å². The SMILES string of the molecule is C=CC1CC(c2cccc(C)c2)C1.CCC(=O)c1cc(C(C)NCC2CCC2)cc(O)c1CC.CN(C=N)C=N. The van der Waals surface area contributed by atoms with Gasteiger partial charge in [-0.2, -0.15) is 0 Å². The van der Waals surface area contributed by atoms with Crippen molar-refractivity contribution in [2.45, 2.75) is 84.6 Å². The van der Waals surface area contributed by atoms with Crippen molar-refractivity contribution in [3.05, 3.63) is 76.9 Å². The van der Waals surface area contributed by atoms with Gasteiger partial charge in [0, 0.05) is 30.6 Å². The summed E-state index contributed by atoms with van der Waals surface area (Å²) >= 11 is 0. The first kappa shape index (κ1) is 33.0. The number of benzene rings is 2. The smallest absolute Gasteiger partial charge is 0.163 e. The molecule has 0 aromatic heterocycles. The number of ketones is 1. The van der Waals surface area contributed by atoms with Crippen LogP contribution < -0.4 is 5.32 Å². The molecule has 0 heterocycles. The molecule has 2 aliphatic rings. The first-order chi connectivity index (χ1) is 19.2. The van der Waals surface area contributed by atoms with E-state index in [2.05, 4.69) is 56.1 Å².